The number of rotatable bonds is 5. The lowest BCUT2D eigenvalue weighted by molar-refractivity contribution is -0.140. The van der Waals surface area contributed by atoms with Gasteiger partial charge in [0.1, 0.15) is 13.1 Å². The Balaban J connectivity index is 3.70. The van der Waals surface area contributed by atoms with Gasteiger partial charge in [0, 0.05) is 0 Å². The highest BCUT2D eigenvalue weighted by molar-refractivity contribution is 6.05. The number of alkyl halides is 1. The van der Waals surface area contributed by atoms with Crippen molar-refractivity contribution in [2.45, 2.75) is 12.8 Å². The number of Topliss-reactive ketones (excluding diaryl/α,β-unsaturated/α-hetero) is 2. The van der Waals surface area contributed by atoms with E-state index in [9.17, 15) is 18.8 Å². The molecular weight excluding hydrogens is 155 g/mol. The summed E-state index contributed by atoms with van der Waals surface area (Å²) < 4.78 is 11.4. The Morgan fingerprint density at radius 3 is 2.00 bits per heavy atom. The number of carboxylic acids is 1. The zero-order valence-electron chi connectivity index (χ0n) is 5.67. The Morgan fingerprint density at radius 1 is 1.09 bits per heavy atom. The fourth-order valence-electron chi connectivity index (χ4n) is 0.498. The van der Waals surface area contributed by atoms with Crippen molar-refractivity contribution in [2.24, 2.45) is 0 Å². The molecule has 0 saturated carbocycles. The lowest BCUT2D eigenvalue weighted by Gasteiger charge is -1.92. The van der Waals surface area contributed by atoms with Gasteiger partial charge in [0.05, 0.1) is 6.42 Å². The van der Waals surface area contributed by atoms with Gasteiger partial charge >= 0.3 is 5.97 Å². The largest absolute Gasteiger partial charge is 0.481 e. The summed E-state index contributed by atoms with van der Waals surface area (Å²) in [5, 5.41) is 8.04. The fraction of sp³-hybridized carbons (Fsp3) is 0.500. The van der Waals surface area contributed by atoms with Crippen LogP contribution in [-0.4, -0.2) is 29.3 Å². The standard InChI is InChI=1S/C6H7FO4/c7-3-5(9)1-4(8)2-6(10)11/h1-3H2,(H,10,11). The predicted octanol–water partition coefficient (Wildman–Crippen LogP) is -0.0411. The van der Waals surface area contributed by atoms with Gasteiger partial charge in [-0.05, 0) is 0 Å². The number of ketones is 2. The van der Waals surface area contributed by atoms with Crippen molar-refractivity contribution in [3.05, 3.63) is 0 Å². The molecule has 0 atom stereocenters. The van der Waals surface area contributed by atoms with Gasteiger partial charge in [0.2, 0.25) is 0 Å². The lowest BCUT2D eigenvalue weighted by atomic mass is 10.2. The molecule has 0 aliphatic heterocycles. The minimum atomic E-state index is -1.30. The normalized spacial score (nSPS) is 9.18. The molecule has 0 aliphatic rings. The van der Waals surface area contributed by atoms with Gasteiger partial charge in [-0.3, -0.25) is 14.4 Å². The van der Waals surface area contributed by atoms with Gasteiger partial charge in [-0.25, -0.2) is 4.39 Å². The summed E-state index contributed by atoms with van der Waals surface area (Å²) in [5.74, 6) is -2.95. The molecule has 0 saturated heterocycles. The van der Waals surface area contributed by atoms with Crippen molar-refractivity contribution in [1.82, 2.24) is 0 Å². The van der Waals surface area contributed by atoms with E-state index in [-0.39, 0.29) is 0 Å². The third-order valence-electron chi connectivity index (χ3n) is 0.892. The van der Waals surface area contributed by atoms with E-state index >= 15 is 0 Å². The van der Waals surface area contributed by atoms with E-state index in [2.05, 4.69) is 0 Å². The van der Waals surface area contributed by atoms with E-state index in [0.717, 1.165) is 0 Å². The Bertz CT molecular complexity index is 187. The average molecular weight is 162 g/mol. The summed E-state index contributed by atoms with van der Waals surface area (Å²) in [7, 11) is 0. The smallest absolute Gasteiger partial charge is 0.310 e. The molecule has 4 nitrogen and oxygen atoms in total. The van der Waals surface area contributed by atoms with E-state index in [1.165, 1.54) is 0 Å². The first-order valence-corrected chi connectivity index (χ1v) is 2.87. The first-order chi connectivity index (χ1) is 5.06. The SMILES string of the molecule is O=C(O)CC(=O)CC(=O)CF. The van der Waals surface area contributed by atoms with Crippen molar-refractivity contribution in [2.75, 3.05) is 6.67 Å². The monoisotopic (exact) mass is 162 g/mol. The summed E-state index contributed by atoms with van der Waals surface area (Å²) in [6.07, 6.45) is -1.34. The highest BCUT2D eigenvalue weighted by Gasteiger charge is 2.11. The maximum atomic E-state index is 11.4. The van der Waals surface area contributed by atoms with Gasteiger partial charge in [0.15, 0.2) is 11.6 Å². The number of carbonyl (C=O) groups excluding carboxylic acids is 2. The number of carbonyl (C=O) groups is 3. The van der Waals surface area contributed by atoms with Crippen LogP contribution in [-0.2, 0) is 14.4 Å². The van der Waals surface area contributed by atoms with E-state index < -0.39 is 37.1 Å². The second kappa shape index (κ2) is 4.54. The molecule has 0 rings (SSSR count). The second-order valence-corrected chi connectivity index (χ2v) is 1.96. The van der Waals surface area contributed by atoms with Crippen LogP contribution in [0.3, 0.4) is 0 Å². The number of carboxylic acid groups (broad SMARTS) is 1. The van der Waals surface area contributed by atoms with E-state index in [4.69, 9.17) is 5.11 Å². The molecule has 0 bridgehead atoms. The Kier molecular flexibility index (Phi) is 4.02. The molecule has 1 N–H and O–H groups in total. The summed E-state index contributed by atoms with van der Waals surface area (Å²) >= 11 is 0. The molecule has 0 spiro atoms. The predicted molar refractivity (Wildman–Crippen MR) is 32.9 cm³/mol. The van der Waals surface area contributed by atoms with Crippen LogP contribution < -0.4 is 0 Å². The van der Waals surface area contributed by atoms with Crippen LogP contribution in [0.1, 0.15) is 12.8 Å². The van der Waals surface area contributed by atoms with Gasteiger partial charge in [-0.15, -0.1) is 0 Å². The molecule has 11 heavy (non-hydrogen) atoms. The molecule has 0 unspecified atom stereocenters. The molecule has 0 aromatic heterocycles. The van der Waals surface area contributed by atoms with Gasteiger partial charge in [-0.1, -0.05) is 0 Å². The van der Waals surface area contributed by atoms with Crippen LogP contribution in [0.4, 0.5) is 4.39 Å². The van der Waals surface area contributed by atoms with E-state index in [1.54, 1.807) is 0 Å². The fourth-order valence-corrected chi connectivity index (χ4v) is 0.498. The van der Waals surface area contributed by atoms with Crippen LogP contribution in [0.15, 0.2) is 0 Å². The zero-order valence-corrected chi connectivity index (χ0v) is 5.67. The van der Waals surface area contributed by atoms with Crippen LogP contribution in [0.25, 0.3) is 0 Å². The molecular formula is C6H7FO4. The highest BCUT2D eigenvalue weighted by atomic mass is 19.1. The number of hydrogen-bond donors (Lipinski definition) is 1. The second-order valence-electron chi connectivity index (χ2n) is 1.96. The van der Waals surface area contributed by atoms with Crippen LogP contribution in [0.5, 0.6) is 0 Å². The molecule has 0 aromatic carbocycles. The third kappa shape index (κ3) is 5.20. The minimum absolute atomic E-state index is 0.622. The van der Waals surface area contributed by atoms with Crippen molar-refractivity contribution >= 4 is 17.5 Å². The summed E-state index contributed by atoms with van der Waals surface area (Å²) in [4.78, 5) is 30.5. The average Bonchev–Trinajstić information content (AvgIpc) is 1.85. The molecule has 0 aromatic rings. The van der Waals surface area contributed by atoms with Crippen LogP contribution >= 0.6 is 0 Å². The summed E-state index contributed by atoms with van der Waals surface area (Å²) in [6, 6.07) is 0. The van der Waals surface area contributed by atoms with Gasteiger partial charge in [-0.2, -0.15) is 0 Å². The van der Waals surface area contributed by atoms with Gasteiger partial charge < -0.3 is 5.11 Å². The maximum Gasteiger partial charge on any atom is 0.310 e. The molecule has 62 valence electrons. The summed E-state index contributed by atoms with van der Waals surface area (Å²) in [6.45, 7) is -1.22. The zero-order chi connectivity index (χ0) is 8.85. The Hall–Kier alpha value is -1.26. The molecule has 0 radical (unpaired) electrons. The Morgan fingerprint density at radius 2 is 1.64 bits per heavy atom. The van der Waals surface area contributed by atoms with E-state index in [1.807, 2.05) is 0 Å². The Labute approximate surface area is 62.0 Å². The van der Waals surface area contributed by atoms with E-state index in [0.29, 0.717) is 0 Å². The number of halogens is 1. The van der Waals surface area contributed by atoms with Crippen LogP contribution in [0.2, 0.25) is 0 Å². The summed E-state index contributed by atoms with van der Waals surface area (Å²) in [5.41, 5.74) is 0. The van der Waals surface area contributed by atoms with Gasteiger partial charge in [0.25, 0.3) is 0 Å². The maximum absolute atomic E-state index is 11.4. The molecule has 5 heteroatoms. The molecule has 0 amide bonds. The van der Waals surface area contributed by atoms with Crippen molar-refractivity contribution in [3.63, 3.8) is 0 Å². The highest BCUT2D eigenvalue weighted by Crippen LogP contribution is 1.92. The van der Waals surface area contributed by atoms with Crippen molar-refractivity contribution < 1.29 is 23.9 Å². The van der Waals surface area contributed by atoms with Crippen LogP contribution in [0, 0.1) is 0 Å². The number of hydrogen-bond acceptors (Lipinski definition) is 3. The van der Waals surface area contributed by atoms with Crippen molar-refractivity contribution in [3.8, 4) is 0 Å². The molecule has 0 aliphatic carbocycles. The molecule has 0 heterocycles. The molecule has 0 fully saturated rings. The minimum Gasteiger partial charge on any atom is -0.481 e. The topological polar surface area (TPSA) is 71.4 Å². The van der Waals surface area contributed by atoms with Crippen molar-refractivity contribution in [1.29, 1.82) is 0 Å². The quantitative estimate of drug-likeness (QED) is 0.575. The third-order valence-corrected chi connectivity index (χ3v) is 0.892. The first-order valence-electron chi connectivity index (χ1n) is 2.87. The first kappa shape index (κ1) is 9.74. The number of aliphatic carboxylic acids is 1. The lowest BCUT2D eigenvalue weighted by Crippen LogP contribution is -2.12.